The van der Waals surface area contributed by atoms with Gasteiger partial charge in [0.05, 0.1) is 15.3 Å². The van der Waals surface area contributed by atoms with E-state index in [1.54, 1.807) is 0 Å². The van der Waals surface area contributed by atoms with E-state index in [0.717, 1.165) is 11.3 Å². The van der Waals surface area contributed by atoms with Crippen molar-refractivity contribution in [1.82, 2.24) is 5.32 Å². The number of nitrogens with zero attached hydrogens (tertiary/aromatic N) is 1. The Labute approximate surface area is 121 Å². The summed E-state index contributed by atoms with van der Waals surface area (Å²) in [4.78, 5) is 22.3. The Morgan fingerprint density at radius 1 is 1.58 bits per heavy atom. The Bertz CT molecular complexity index is 464. The Kier molecular flexibility index (Phi) is 6.41. The zero-order valence-corrected chi connectivity index (χ0v) is 12.6. The van der Waals surface area contributed by atoms with Gasteiger partial charge in [0, 0.05) is 12.6 Å². The third-order valence-corrected chi connectivity index (χ3v) is 4.13. The van der Waals surface area contributed by atoms with E-state index in [2.05, 4.69) is 5.32 Å². The number of halogens is 1. The number of nitro groups is 1. The van der Waals surface area contributed by atoms with Gasteiger partial charge in [-0.15, -0.1) is 12.4 Å². The molecule has 1 aromatic rings. The Morgan fingerprint density at radius 3 is 2.53 bits per heavy atom. The summed E-state index contributed by atoms with van der Waals surface area (Å²) in [7, 11) is 0. The number of nitrogens with two attached hydrogens (primary N) is 1. The van der Waals surface area contributed by atoms with Crippen molar-refractivity contribution >= 4 is 34.7 Å². The zero-order valence-electron chi connectivity index (χ0n) is 11.0. The maximum atomic E-state index is 12.0. The molecule has 1 heterocycles. The van der Waals surface area contributed by atoms with Crippen molar-refractivity contribution in [3.8, 4) is 0 Å². The van der Waals surface area contributed by atoms with Crippen LogP contribution in [0.1, 0.15) is 30.4 Å². The van der Waals surface area contributed by atoms with E-state index in [1.807, 2.05) is 20.8 Å². The molecule has 3 N–H and O–H groups in total. The highest BCUT2D eigenvalue weighted by Crippen LogP contribution is 2.25. The Hall–Kier alpha value is -1.18. The lowest BCUT2D eigenvalue weighted by atomic mass is 9.88. The lowest BCUT2D eigenvalue weighted by Crippen LogP contribution is -2.54. The van der Waals surface area contributed by atoms with Crippen molar-refractivity contribution in [1.29, 1.82) is 0 Å². The van der Waals surface area contributed by atoms with Crippen LogP contribution >= 0.6 is 23.7 Å². The zero-order chi connectivity index (χ0) is 13.9. The molecule has 0 saturated carbocycles. The van der Waals surface area contributed by atoms with E-state index >= 15 is 0 Å². The summed E-state index contributed by atoms with van der Waals surface area (Å²) in [5.74, 6) is -0.156. The quantitative estimate of drug-likeness (QED) is 0.643. The molecule has 0 saturated heterocycles. The largest absolute Gasteiger partial charge is 0.345 e. The van der Waals surface area contributed by atoms with E-state index in [-0.39, 0.29) is 29.2 Å². The van der Waals surface area contributed by atoms with Crippen molar-refractivity contribution < 1.29 is 9.72 Å². The van der Waals surface area contributed by atoms with Crippen LogP contribution < -0.4 is 11.1 Å². The first kappa shape index (κ1) is 17.8. The van der Waals surface area contributed by atoms with Crippen molar-refractivity contribution in [2.24, 2.45) is 11.7 Å². The number of rotatable bonds is 5. The van der Waals surface area contributed by atoms with Crippen LogP contribution in [-0.2, 0) is 0 Å². The SMILES string of the molecule is CC(C)C(C)(CN)NC(=O)c1ccc([N+](=O)[O-])s1.Cl. The third-order valence-electron chi connectivity index (χ3n) is 3.09. The highest BCUT2D eigenvalue weighted by atomic mass is 35.5. The number of amides is 1. The molecule has 0 aromatic carbocycles. The maximum Gasteiger partial charge on any atom is 0.324 e. The molecule has 1 rings (SSSR count). The van der Waals surface area contributed by atoms with E-state index in [0.29, 0.717) is 11.4 Å². The summed E-state index contributed by atoms with van der Waals surface area (Å²) in [5, 5.41) is 13.3. The average molecular weight is 308 g/mol. The molecule has 0 aliphatic heterocycles. The summed E-state index contributed by atoms with van der Waals surface area (Å²) < 4.78 is 0. The lowest BCUT2D eigenvalue weighted by molar-refractivity contribution is -0.380. The standard InChI is InChI=1S/C11H17N3O3S.ClH/c1-7(2)11(3,6-12)13-10(15)8-4-5-9(18-8)14(16)17;/h4-5,7H,6,12H2,1-3H3,(H,13,15);1H. The van der Waals surface area contributed by atoms with Crippen LogP contribution in [0, 0.1) is 16.0 Å². The van der Waals surface area contributed by atoms with Gasteiger partial charge in [0.15, 0.2) is 0 Å². The lowest BCUT2D eigenvalue weighted by Gasteiger charge is -2.33. The summed E-state index contributed by atoms with van der Waals surface area (Å²) in [6, 6.07) is 2.78. The van der Waals surface area contributed by atoms with Gasteiger partial charge in [-0.1, -0.05) is 25.2 Å². The van der Waals surface area contributed by atoms with Crippen LogP contribution in [0.4, 0.5) is 5.00 Å². The molecule has 0 fully saturated rings. The molecule has 0 radical (unpaired) electrons. The molecule has 0 bridgehead atoms. The van der Waals surface area contributed by atoms with Crippen LogP contribution in [0.5, 0.6) is 0 Å². The monoisotopic (exact) mass is 307 g/mol. The number of thiophene rings is 1. The molecule has 1 amide bonds. The molecule has 1 unspecified atom stereocenters. The van der Waals surface area contributed by atoms with Gasteiger partial charge in [0.25, 0.3) is 5.91 Å². The van der Waals surface area contributed by atoms with Gasteiger partial charge in [-0.2, -0.15) is 0 Å². The first-order valence-electron chi connectivity index (χ1n) is 5.57. The van der Waals surface area contributed by atoms with Crippen molar-refractivity contribution in [3.05, 3.63) is 27.1 Å². The summed E-state index contributed by atoms with van der Waals surface area (Å²) in [6.45, 7) is 6.09. The minimum absolute atomic E-state index is 0. The van der Waals surface area contributed by atoms with E-state index in [4.69, 9.17) is 5.73 Å². The predicted molar refractivity (Wildman–Crippen MR) is 78.0 cm³/mol. The second kappa shape index (κ2) is 6.83. The van der Waals surface area contributed by atoms with Gasteiger partial charge in [-0.05, 0) is 18.9 Å². The fourth-order valence-corrected chi connectivity index (χ4v) is 2.02. The number of carbonyl (C=O) groups is 1. The third kappa shape index (κ3) is 4.15. The molecule has 0 aliphatic rings. The summed E-state index contributed by atoms with van der Waals surface area (Å²) in [5.41, 5.74) is 5.15. The second-order valence-corrected chi connectivity index (χ2v) is 5.69. The molecular weight excluding hydrogens is 290 g/mol. The van der Waals surface area contributed by atoms with Gasteiger partial charge in [-0.3, -0.25) is 14.9 Å². The molecule has 1 atom stereocenters. The fraction of sp³-hybridized carbons (Fsp3) is 0.545. The minimum atomic E-state index is -0.518. The van der Waals surface area contributed by atoms with E-state index in [9.17, 15) is 14.9 Å². The highest BCUT2D eigenvalue weighted by Gasteiger charge is 2.29. The van der Waals surface area contributed by atoms with Crippen molar-refractivity contribution in [2.75, 3.05) is 6.54 Å². The molecule has 8 heteroatoms. The minimum Gasteiger partial charge on any atom is -0.345 e. The van der Waals surface area contributed by atoms with Gasteiger partial charge >= 0.3 is 5.00 Å². The van der Waals surface area contributed by atoms with Gasteiger partial charge < -0.3 is 11.1 Å². The molecule has 0 spiro atoms. The summed E-state index contributed by atoms with van der Waals surface area (Å²) in [6.07, 6.45) is 0. The molecular formula is C11H18ClN3O3S. The van der Waals surface area contributed by atoms with Crippen LogP contribution in [0.25, 0.3) is 0 Å². The first-order chi connectivity index (χ1) is 8.30. The average Bonchev–Trinajstić information content (AvgIpc) is 2.77. The van der Waals surface area contributed by atoms with Crippen LogP contribution in [-0.4, -0.2) is 22.9 Å². The number of nitrogens with one attached hydrogen (secondary N) is 1. The maximum absolute atomic E-state index is 12.0. The van der Waals surface area contributed by atoms with Crippen molar-refractivity contribution in [3.63, 3.8) is 0 Å². The normalized spacial score (nSPS) is 13.5. The second-order valence-electron chi connectivity index (χ2n) is 4.63. The van der Waals surface area contributed by atoms with Crippen molar-refractivity contribution in [2.45, 2.75) is 26.3 Å². The Balaban J connectivity index is 0.00000324. The smallest absolute Gasteiger partial charge is 0.324 e. The summed E-state index contributed by atoms with van der Waals surface area (Å²) >= 11 is 0.860. The molecule has 108 valence electrons. The van der Waals surface area contributed by atoms with Crippen LogP contribution in [0.15, 0.2) is 12.1 Å². The molecule has 6 nitrogen and oxygen atoms in total. The molecule has 19 heavy (non-hydrogen) atoms. The van der Waals surface area contributed by atoms with Crippen LogP contribution in [0.2, 0.25) is 0 Å². The molecule has 0 aliphatic carbocycles. The number of hydrogen-bond donors (Lipinski definition) is 2. The fourth-order valence-electron chi connectivity index (χ4n) is 1.30. The van der Waals surface area contributed by atoms with Crippen LogP contribution in [0.3, 0.4) is 0 Å². The van der Waals surface area contributed by atoms with E-state index in [1.165, 1.54) is 12.1 Å². The van der Waals surface area contributed by atoms with Gasteiger partial charge in [-0.25, -0.2) is 0 Å². The first-order valence-corrected chi connectivity index (χ1v) is 6.38. The van der Waals surface area contributed by atoms with E-state index < -0.39 is 10.5 Å². The van der Waals surface area contributed by atoms with Gasteiger partial charge in [0.2, 0.25) is 0 Å². The highest BCUT2D eigenvalue weighted by molar-refractivity contribution is 7.17. The molecule has 1 aromatic heterocycles. The van der Waals surface area contributed by atoms with Gasteiger partial charge in [0.1, 0.15) is 0 Å². The number of carbonyl (C=O) groups excluding carboxylic acids is 1. The topological polar surface area (TPSA) is 98.3 Å². The predicted octanol–water partition coefficient (Wildman–Crippen LogP) is 2.18. The number of hydrogen-bond acceptors (Lipinski definition) is 5. The Morgan fingerprint density at radius 2 is 2.16 bits per heavy atom.